The van der Waals surface area contributed by atoms with Gasteiger partial charge < -0.3 is 15.5 Å². The highest BCUT2D eigenvalue weighted by Crippen LogP contribution is 2.18. The second-order valence-corrected chi connectivity index (χ2v) is 5.99. The van der Waals surface area contributed by atoms with E-state index >= 15 is 0 Å². The first-order valence-corrected chi connectivity index (χ1v) is 7.17. The molecule has 104 valence electrons. The van der Waals surface area contributed by atoms with Gasteiger partial charge in [0.05, 0.1) is 0 Å². The first-order chi connectivity index (χ1) is 8.63. The van der Waals surface area contributed by atoms with Gasteiger partial charge >= 0.3 is 0 Å². The van der Waals surface area contributed by atoms with Crippen LogP contribution in [-0.4, -0.2) is 80.7 Å². The van der Waals surface area contributed by atoms with E-state index in [0.717, 1.165) is 6.42 Å². The van der Waals surface area contributed by atoms with Crippen molar-refractivity contribution in [2.45, 2.75) is 12.5 Å². The van der Waals surface area contributed by atoms with Crippen LogP contribution in [-0.2, 0) is 0 Å². The third kappa shape index (κ3) is 4.35. The Bertz CT molecular complexity index is 269. The number of likely N-dealkylation sites (N-methyl/N-ethyl adjacent to an activating group) is 1. The van der Waals surface area contributed by atoms with Gasteiger partial charge in [-0.2, -0.15) is 0 Å². The summed E-state index contributed by atoms with van der Waals surface area (Å²) in [5, 5.41) is 0. The van der Waals surface area contributed by atoms with Crippen LogP contribution in [0.2, 0.25) is 0 Å². The van der Waals surface area contributed by atoms with Crippen molar-refractivity contribution in [2.24, 2.45) is 11.7 Å². The van der Waals surface area contributed by atoms with Crippen LogP contribution in [0.1, 0.15) is 6.42 Å². The zero-order chi connectivity index (χ0) is 13.0. The fraction of sp³-hybridized carbons (Fsp3) is 0.857. The van der Waals surface area contributed by atoms with Crippen LogP contribution in [0.25, 0.3) is 0 Å². The maximum absolute atomic E-state index is 5.90. The van der Waals surface area contributed by atoms with Crippen LogP contribution in [0.5, 0.6) is 0 Å². The van der Waals surface area contributed by atoms with Crippen LogP contribution in [0.3, 0.4) is 0 Å². The van der Waals surface area contributed by atoms with Crippen molar-refractivity contribution in [3.63, 3.8) is 0 Å². The number of nitrogens with two attached hydrogens (primary N) is 1. The molecule has 0 radical (unpaired) electrons. The van der Waals surface area contributed by atoms with Crippen molar-refractivity contribution in [1.29, 1.82) is 0 Å². The molecule has 2 N–H and O–H groups in total. The lowest BCUT2D eigenvalue weighted by atomic mass is 10.1. The third-order valence-corrected chi connectivity index (χ3v) is 4.03. The van der Waals surface area contributed by atoms with Crippen LogP contribution in [0.4, 0.5) is 0 Å². The fourth-order valence-corrected chi connectivity index (χ4v) is 2.81. The lowest BCUT2D eigenvalue weighted by Crippen LogP contribution is -2.49. The summed E-state index contributed by atoms with van der Waals surface area (Å²) in [6, 6.07) is 0.302. The largest absolute Gasteiger partial charge is 0.324 e. The standard InChI is InChI=1S/C14H28N4/c1-16(2)5-6-17-7-9-18(10-8-17)12-13-3-4-14(15)11-13/h3-4,13-14H,5-12,15H2,1-2H3. The highest BCUT2D eigenvalue weighted by molar-refractivity contribution is 5.05. The van der Waals surface area contributed by atoms with E-state index in [4.69, 9.17) is 5.73 Å². The minimum Gasteiger partial charge on any atom is -0.324 e. The summed E-state index contributed by atoms with van der Waals surface area (Å²) in [6.07, 6.45) is 5.61. The Hall–Kier alpha value is -0.420. The molecule has 0 amide bonds. The molecular weight excluding hydrogens is 224 g/mol. The summed E-state index contributed by atoms with van der Waals surface area (Å²) in [5.41, 5.74) is 5.90. The van der Waals surface area contributed by atoms with Crippen molar-refractivity contribution < 1.29 is 0 Å². The summed E-state index contributed by atoms with van der Waals surface area (Å²) in [4.78, 5) is 7.43. The molecule has 2 rings (SSSR count). The Morgan fingerprint density at radius 2 is 1.78 bits per heavy atom. The predicted octanol–water partition coefficient (Wildman–Crippen LogP) is 0.0690. The Morgan fingerprint density at radius 1 is 1.11 bits per heavy atom. The van der Waals surface area contributed by atoms with Crippen LogP contribution >= 0.6 is 0 Å². The lowest BCUT2D eigenvalue weighted by Gasteiger charge is -2.36. The van der Waals surface area contributed by atoms with Gasteiger partial charge in [-0.05, 0) is 26.4 Å². The molecular formula is C14H28N4. The van der Waals surface area contributed by atoms with Gasteiger partial charge in [0.1, 0.15) is 0 Å². The van der Waals surface area contributed by atoms with E-state index in [1.54, 1.807) is 0 Å². The van der Waals surface area contributed by atoms with Gasteiger partial charge in [-0.25, -0.2) is 0 Å². The van der Waals surface area contributed by atoms with Crippen molar-refractivity contribution in [3.8, 4) is 0 Å². The van der Waals surface area contributed by atoms with Crippen LogP contribution in [0.15, 0.2) is 12.2 Å². The molecule has 1 heterocycles. The Labute approximate surface area is 111 Å². The van der Waals surface area contributed by atoms with Gasteiger partial charge in [0.2, 0.25) is 0 Å². The number of piperazine rings is 1. The number of rotatable bonds is 5. The van der Waals surface area contributed by atoms with E-state index in [0.29, 0.717) is 12.0 Å². The van der Waals surface area contributed by atoms with E-state index in [-0.39, 0.29) is 0 Å². The minimum absolute atomic E-state index is 0.302. The molecule has 4 nitrogen and oxygen atoms in total. The highest BCUT2D eigenvalue weighted by Gasteiger charge is 2.22. The summed E-state index contributed by atoms with van der Waals surface area (Å²) in [6.45, 7) is 8.44. The van der Waals surface area contributed by atoms with Crippen molar-refractivity contribution in [3.05, 3.63) is 12.2 Å². The summed E-state index contributed by atoms with van der Waals surface area (Å²) in [7, 11) is 4.29. The van der Waals surface area contributed by atoms with E-state index < -0.39 is 0 Å². The fourth-order valence-electron chi connectivity index (χ4n) is 2.81. The number of hydrogen-bond acceptors (Lipinski definition) is 4. The van der Waals surface area contributed by atoms with Crippen LogP contribution < -0.4 is 5.73 Å². The van der Waals surface area contributed by atoms with Crippen molar-refractivity contribution >= 4 is 0 Å². The Balaban J connectivity index is 1.63. The molecule has 2 unspecified atom stereocenters. The molecule has 1 aliphatic heterocycles. The molecule has 1 saturated heterocycles. The topological polar surface area (TPSA) is 35.7 Å². The summed E-state index contributed by atoms with van der Waals surface area (Å²) < 4.78 is 0. The van der Waals surface area contributed by atoms with Gasteiger partial charge in [0.15, 0.2) is 0 Å². The highest BCUT2D eigenvalue weighted by atomic mass is 15.3. The molecule has 0 aromatic heterocycles. The monoisotopic (exact) mass is 252 g/mol. The van der Waals surface area contributed by atoms with Gasteiger partial charge in [-0.3, -0.25) is 4.90 Å². The molecule has 4 heteroatoms. The summed E-state index contributed by atoms with van der Waals surface area (Å²) >= 11 is 0. The average molecular weight is 252 g/mol. The van der Waals surface area contributed by atoms with Gasteiger partial charge in [-0.15, -0.1) is 0 Å². The molecule has 1 fully saturated rings. The first kappa shape index (κ1) is 14.0. The molecule has 0 aromatic carbocycles. The second kappa shape index (κ2) is 6.66. The normalized spacial score (nSPS) is 30.4. The van der Waals surface area contributed by atoms with Gasteiger partial charge in [0.25, 0.3) is 0 Å². The smallest absolute Gasteiger partial charge is 0.0229 e. The van der Waals surface area contributed by atoms with Crippen molar-refractivity contribution in [2.75, 3.05) is 59.9 Å². The Kier molecular flexibility index (Phi) is 5.18. The second-order valence-electron chi connectivity index (χ2n) is 5.99. The zero-order valence-corrected chi connectivity index (χ0v) is 11.9. The molecule has 1 aliphatic carbocycles. The molecule has 18 heavy (non-hydrogen) atoms. The zero-order valence-electron chi connectivity index (χ0n) is 11.9. The maximum Gasteiger partial charge on any atom is 0.0229 e. The third-order valence-electron chi connectivity index (χ3n) is 4.03. The number of nitrogens with zero attached hydrogens (tertiary/aromatic N) is 3. The molecule has 2 atom stereocenters. The van der Waals surface area contributed by atoms with E-state index in [2.05, 4.69) is 40.9 Å². The van der Waals surface area contributed by atoms with E-state index in [1.807, 2.05) is 0 Å². The van der Waals surface area contributed by atoms with E-state index in [1.165, 1.54) is 45.8 Å². The molecule has 2 aliphatic rings. The predicted molar refractivity (Wildman–Crippen MR) is 76.7 cm³/mol. The van der Waals surface area contributed by atoms with Gasteiger partial charge in [-0.1, -0.05) is 12.2 Å². The average Bonchev–Trinajstić information content (AvgIpc) is 2.74. The minimum atomic E-state index is 0.302. The molecule has 0 aromatic rings. The van der Waals surface area contributed by atoms with E-state index in [9.17, 15) is 0 Å². The molecule has 0 bridgehead atoms. The summed E-state index contributed by atoms with van der Waals surface area (Å²) in [5.74, 6) is 0.688. The quantitative estimate of drug-likeness (QED) is 0.703. The molecule has 0 saturated carbocycles. The lowest BCUT2D eigenvalue weighted by molar-refractivity contribution is 0.117. The van der Waals surface area contributed by atoms with Crippen LogP contribution in [0, 0.1) is 5.92 Å². The van der Waals surface area contributed by atoms with Gasteiger partial charge in [0, 0.05) is 51.9 Å². The SMILES string of the molecule is CN(C)CCN1CCN(CC2C=CC(N)C2)CC1. The molecule has 0 spiro atoms. The maximum atomic E-state index is 5.90. The van der Waals surface area contributed by atoms with Crippen molar-refractivity contribution in [1.82, 2.24) is 14.7 Å². The number of hydrogen-bond donors (Lipinski definition) is 1. The Morgan fingerprint density at radius 3 is 2.33 bits per heavy atom. The first-order valence-electron chi connectivity index (χ1n) is 7.17.